The maximum absolute atomic E-state index is 11.3. The van der Waals surface area contributed by atoms with E-state index < -0.39 is 6.10 Å². The summed E-state index contributed by atoms with van der Waals surface area (Å²) in [6, 6.07) is 5.86. The number of esters is 1. The van der Waals surface area contributed by atoms with E-state index in [1.54, 1.807) is 6.92 Å². The van der Waals surface area contributed by atoms with Gasteiger partial charge in [0.2, 0.25) is 0 Å². The van der Waals surface area contributed by atoms with Crippen molar-refractivity contribution in [2.24, 2.45) is 5.73 Å². The van der Waals surface area contributed by atoms with Crippen molar-refractivity contribution in [1.82, 2.24) is 0 Å². The number of methoxy groups -OCH3 is 1. The van der Waals surface area contributed by atoms with E-state index in [4.69, 9.17) is 10.5 Å². The highest BCUT2D eigenvalue weighted by molar-refractivity contribution is 5.74. The molecule has 0 saturated heterocycles. The molecule has 0 heterocycles. The predicted molar refractivity (Wildman–Crippen MR) is 66.0 cm³/mol. The van der Waals surface area contributed by atoms with E-state index in [0.29, 0.717) is 6.54 Å². The molecule has 0 saturated carbocycles. The second-order valence-corrected chi connectivity index (χ2v) is 3.89. The third-order valence-electron chi connectivity index (χ3n) is 2.53. The Hall–Kier alpha value is -1.55. The largest absolute Gasteiger partial charge is 0.478 e. The minimum Gasteiger partial charge on any atom is -0.478 e. The second kappa shape index (κ2) is 6.25. The minimum atomic E-state index is -0.613. The number of carbonyl (C=O) groups is 1. The SMILES string of the molecule is COC(=O)C(C)Oc1c(C)cccc1CCN. The smallest absolute Gasteiger partial charge is 0.346 e. The molecule has 4 nitrogen and oxygen atoms in total. The van der Waals surface area contributed by atoms with Gasteiger partial charge in [-0.15, -0.1) is 0 Å². The first-order valence-corrected chi connectivity index (χ1v) is 5.63. The summed E-state index contributed by atoms with van der Waals surface area (Å²) in [5, 5.41) is 0. The highest BCUT2D eigenvalue weighted by atomic mass is 16.6. The molecule has 0 fully saturated rings. The second-order valence-electron chi connectivity index (χ2n) is 3.89. The summed E-state index contributed by atoms with van der Waals surface area (Å²) in [6.07, 6.45) is 0.114. The highest BCUT2D eigenvalue weighted by Crippen LogP contribution is 2.25. The lowest BCUT2D eigenvalue weighted by atomic mass is 10.1. The average Bonchev–Trinajstić information content (AvgIpc) is 2.32. The Kier molecular flexibility index (Phi) is 4.97. The molecule has 1 unspecified atom stereocenters. The van der Waals surface area contributed by atoms with Crippen LogP contribution in [0.25, 0.3) is 0 Å². The Morgan fingerprint density at radius 2 is 2.18 bits per heavy atom. The summed E-state index contributed by atoms with van der Waals surface area (Å²) in [4.78, 5) is 11.3. The zero-order chi connectivity index (χ0) is 12.8. The number of carbonyl (C=O) groups excluding carboxylic acids is 1. The number of aryl methyl sites for hydroxylation is 1. The first-order valence-electron chi connectivity index (χ1n) is 5.63. The van der Waals surface area contributed by atoms with Crippen molar-refractivity contribution >= 4 is 5.97 Å². The maximum Gasteiger partial charge on any atom is 0.346 e. The lowest BCUT2D eigenvalue weighted by Crippen LogP contribution is -2.25. The van der Waals surface area contributed by atoms with Crippen LogP contribution in [0.1, 0.15) is 18.1 Å². The number of rotatable bonds is 5. The molecule has 0 bridgehead atoms. The van der Waals surface area contributed by atoms with E-state index in [1.807, 2.05) is 25.1 Å². The van der Waals surface area contributed by atoms with Crippen LogP contribution in [0.15, 0.2) is 18.2 Å². The number of hydrogen-bond acceptors (Lipinski definition) is 4. The molecule has 0 spiro atoms. The average molecular weight is 237 g/mol. The van der Waals surface area contributed by atoms with Crippen LogP contribution < -0.4 is 10.5 Å². The number of ether oxygens (including phenoxy) is 2. The molecule has 1 aromatic rings. The lowest BCUT2D eigenvalue weighted by Gasteiger charge is -2.17. The minimum absolute atomic E-state index is 0.382. The third kappa shape index (κ3) is 3.46. The van der Waals surface area contributed by atoms with E-state index >= 15 is 0 Å². The zero-order valence-corrected chi connectivity index (χ0v) is 10.5. The Bertz CT molecular complexity index is 390. The van der Waals surface area contributed by atoms with Gasteiger partial charge in [-0.1, -0.05) is 18.2 Å². The molecule has 4 heteroatoms. The Morgan fingerprint density at radius 1 is 1.47 bits per heavy atom. The normalized spacial score (nSPS) is 12.0. The van der Waals surface area contributed by atoms with Crippen LogP contribution in [0.2, 0.25) is 0 Å². The summed E-state index contributed by atoms with van der Waals surface area (Å²) in [5.41, 5.74) is 7.56. The molecule has 2 N–H and O–H groups in total. The van der Waals surface area contributed by atoms with Crippen LogP contribution in [-0.2, 0) is 16.0 Å². The van der Waals surface area contributed by atoms with Crippen molar-refractivity contribution in [3.63, 3.8) is 0 Å². The fourth-order valence-corrected chi connectivity index (χ4v) is 1.63. The molecule has 1 rings (SSSR count). The van der Waals surface area contributed by atoms with Gasteiger partial charge in [0.15, 0.2) is 6.10 Å². The van der Waals surface area contributed by atoms with Crippen LogP contribution in [0.5, 0.6) is 5.75 Å². The Labute approximate surface area is 102 Å². The molecule has 0 aliphatic carbocycles. The Balaban J connectivity index is 2.92. The molecule has 1 atom stereocenters. The van der Waals surface area contributed by atoms with Gasteiger partial charge in [-0.2, -0.15) is 0 Å². The maximum atomic E-state index is 11.3. The summed E-state index contributed by atoms with van der Waals surface area (Å²) in [7, 11) is 1.35. The van der Waals surface area contributed by atoms with Gasteiger partial charge < -0.3 is 15.2 Å². The van der Waals surface area contributed by atoms with Gasteiger partial charge in [-0.05, 0) is 37.9 Å². The number of para-hydroxylation sites is 1. The molecule has 0 radical (unpaired) electrons. The van der Waals surface area contributed by atoms with Gasteiger partial charge >= 0.3 is 5.97 Å². The molecule has 0 aliphatic rings. The molecular weight excluding hydrogens is 218 g/mol. The van der Waals surface area contributed by atoms with Crippen molar-refractivity contribution in [2.45, 2.75) is 26.4 Å². The van der Waals surface area contributed by atoms with Crippen LogP contribution >= 0.6 is 0 Å². The van der Waals surface area contributed by atoms with Crippen LogP contribution in [0.3, 0.4) is 0 Å². The van der Waals surface area contributed by atoms with Crippen molar-refractivity contribution in [3.05, 3.63) is 29.3 Å². The summed E-state index contributed by atoms with van der Waals surface area (Å²) in [6.45, 7) is 4.16. The molecule has 0 aliphatic heterocycles. The standard InChI is InChI=1S/C13H19NO3/c1-9-5-4-6-11(7-8-14)12(9)17-10(2)13(15)16-3/h4-6,10H,7-8,14H2,1-3H3. The monoisotopic (exact) mass is 237 g/mol. The van der Waals surface area contributed by atoms with E-state index in [9.17, 15) is 4.79 Å². The van der Waals surface area contributed by atoms with Crippen LogP contribution in [0, 0.1) is 6.92 Å². The zero-order valence-electron chi connectivity index (χ0n) is 10.5. The van der Waals surface area contributed by atoms with Crippen molar-refractivity contribution in [3.8, 4) is 5.75 Å². The van der Waals surface area contributed by atoms with E-state index in [1.165, 1.54) is 7.11 Å². The van der Waals surface area contributed by atoms with Gasteiger partial charge in [0.25, 0.3) is 0 Å². The third-order valence-corrected chi connectivity index (χ3v) is 2.53. The fourth-order valence-electron chi connectivity index (χ4n) is 1.63. The van der Waals surface area contributed by atoms with Gasteiger partial charge in [0, 0.05) is 0 Å². The van der Waals surface area contributed by atoms with Crippen molar-refractivity contribution in [1.29, 1.82) is 0 Å². The van der Waals surface area contributed by atoms with Crippen LogP contribution in [-0.4, -0.2) is 25.7 Å². The Morgan fingerprint density at radius 3 is 2.76 bits per heavy atom. The highest BCUT2D eigenvalue weighted by Gasteiger charge is 2.17. The summed E-state index contributed by atoms with van der Waals surface area (Å²) in [5.74, 6) is 0.350. The van der Waals surface area contributed by atoms with Gasteiger partial charge in [0.05, 0.1) is 7.11 Å². The summed E-state index contributed by atoms with van der Waals surface area (Å²) < 4.78 is 10.3. The lowest BCUT2D eigenvalue weighted by molar-refractivity contribution is -0.147. The van der Waals surface area contributed by atoms with E-state index in [-0.39, 0.29) is 5.97 Å². The topological polar surface area (TPSA) is 61.5 Å². The molecule has 94 valence electrons. The van der Waals surface area contributed by atoms with E-state index in [0.717, 1.165) is 23.3 Å². The predicted octanol–water partition coefficient (Wildman–Crippen LogP) is 1.44. The fraction of sp³-hybridized carbons (Fsp3) is 0.462. The number of nitrogens with two attached hydrogens (primary N) is 1. The van der Waals surface area contributed by atoms with Crippen molar-refractivity contribution in [2.75, 3.05) is 13.7 Å². The van der Waals surface area contributed by atoms with Gasteiger partial charge in [-0.3, -0.25) is 0 Å². The molecular formula is C13H19NO3. The molecule has 17 heavy (non-hydrogen) atoms. The molecule has 0 aromatic heterocycles. The van der Waals surface area contributed by atoms with Gasteiger partial charge in [0.1, 0.15) is 5.75 Å². The first-order chi connectivity index (χ1) is 8.10. The van der Waals surface area contributed by atoms with Crippen molar-refractivity contribution < 1.29 is 14.3 Å². The molecule has 1 aromatic carbocycles. The number of hydrogen-bond donors (Lipinski definition) is 1. The molecule has 0 amide bonds. The summed E-state index contributed by atoms with van der Waals surface area (Å²) >= 11 is 0. The first kappa shape index (κ1) is 13.5. The number of benzene rings is 1. The van der Waals surface area contributed by atoms with E-state index in [2.05, 4.69) is 4.74 Å². The quantitative estimate of drug-likeness (QED) is 0.787. The van der Waals surface area contributed by atoms with Crippen LogP contribution in [0.4, 0.5) is 0 Å². The van der Waals surface area contributed by atoms with Gasteiger partial charge in [-0.25, -0.2) is 4.79 Å².